The molecule has 1 aliphatic rings. The van der Waals surface area contributed by atoms with Crippen LogP contribution in [-0.4, -0.2) is 40.3 Å². The molecule has 0 heterocycles. The first kappa shape index (κ1) is 16.3. The molecule has 0 aliphatic heterocycles. The van der Waals surface area contributed by atoms with Gasteiger partial charge in [-0.15, -0.1) is 0 Å². The molecular weight excluding hydrogens is 264 g/mol. The fraction of sp³-hybridized carbons (Fsp3) is 0.769. The Bertz CT molecular complexity index is 384. The number of rotatable bonds is 5. The van der Waals surface area contributed by atoms with E-state index in [-0.39, 0.29) is 11.5 Å². The van der Waals surface area contributed by atoms with Gasteiger partial charge in [-0.25, -0.2) is 9.59 Å². The van der Waals surface area contributed by atoms with Gasteiger partial charge in [-0.05, 0) is 31.1 Å². The summed E-state index contributed by atoms with van der Waals surface area (Å²) in [7, 11) is 0. The molecule has 114 valence electrons. The van der Waals surface area contributed by atoms with Crippen LogP contribution >= 0.6 is 0 Å². The van der Waals surface area contributed by atoms with Crippen LogP contribution in [0.1, 0.15) is 46.0 Å². The second-order valence-electron chi connectivity index (χ2n) is 6.04. The number of urea groups is 1. The largest absolute Gasteiger partial charge is 0.481 e. The van der Waals surface area contributed by atoms with Crippen LogP contribution < -0.4 is 10.6 Å². The number of nitrogens with one attached hydrogen (secondary N) is 2. The SMILES string of the molecule is CC1(C)CCC(NC(=O)NC(CC(=O)O)C(=O)O)CC1. The molecule has 1 unspecified atom stereocenters. The number of hydrogen-bond donors (Lipinski definition) is 4. The summed E-state index contributed by atoms with van der Waals surface area (Å²) in [4.78, 5) is 33.1. The molecule has 0 radical (unpaired) electrons. The van der Waals surface area contributed by atoms with Crippen LogP contribution in [0.4, 0.5) is 4.79 Å². The highest BCUT2D eigenvalue weighted by atomic mass is 16.4. The van der Waals surface area contributed by atoms with Crippen molar-refractivity contribution in [2.75, 3.05) is 0 Å². The first-order valence-corrected chi connectivity index (χ1v) is 6.71. The van der Waals surface area contributed by atoms with E-state index in [4.69, 9.17) is 10.2 Å². The Morgan fingerprint density at radius 2 is 1.75 bits per heavy atom. The van der Waals surface area contributed by atoms with Gasteiger partial charge in [0, 0.05) is 6.04 Å². The molecule has 1 aliphatic carbocycles. The van der Waals surface area contributed by atoms with Crippen LogP contribution in [0.2, 0.25) is 0 Å². The highest BCUT2D eigenvalue weighted by molar-refractivity contribution is 5.86. The normalized spacial score (nSPS) is 19.9. The van der Waals surface area contributed by atoms with Crippen molar-refractivity contribution in [3.63, 3.8) is 0 Å². The number of carbonyl (C=O) groups excluding carboxylic acids is 1. The lowest BCUT2D eigenvalue weighted by Crippen LogP contribution is -2.50. The molecule has 4 N–H and O–H groups in total. The third-order valence-corrected chi connectivity index (χ3v) is 3.66. The average molecular weight is 286 g/mol. The van der Waals surface area contributed by atoms with Gasteiger partial charge >= 0.3 is 18.0 Å². The minimum absolute atomic E-state index is 0.0160. The van der Waals surface area contributed by atoms with E-state index in [1.54, 1.807) is 0 Å². The minimum atomic E-state index is -1.41. The Labute approximate surface area is 117 Å². The van der Waals surface area contributed by atoms with Gasteiger partial charge in [0.1, 0.15) is 6.04 Å². The van der Waals surface area contributed by atoms with Crippen LogP contribution in [0.15, 0.2) is 0 Å². The zero-order valence-corrected chi connectivity index (χ0v) is 11.8. The molecule has 0 spiro atoms. The van der Waals surface area contributed by atoms with Crippen molar-refractivity contribution in [1.29, 1.82) is 0 Å². The van der Waals surface area contributed by atoms with Gasteiger partial charge in [0.15, 0.2) is 0 Å². The number of carboxylic acid groups (broad SMARTS) is 2. The first-order valence-electron chi connectivity index (χ1n) is 6.71. The summed E-state index contributed by atoms with van der Waals surface area (Å²) in [5.74, 6) is -2.62. The predicted molar refractivity (Wildman–Crippen MR) is 71.4 cm³/mol. The maximum Gasteiger partial charge on any atom is 0.326 e. The maximum absolute atomic E-state index is 11.7. The van der Waals surface area contributed by atoms with Gasteiger partial charge in [-0.2, -0.15) is 0 Å². The molecule has 1 fully saturated rings. The molecule has 1 atom stereocenters. The van der Waals surface area contributed by atoms with Gasteiger partial charge in [0.05, 0.1) is 6.42 Å². The third kappa shape index (κ3) is 5.46. The Balaban J connectivity index is 2.42. The predicted octanol–water partition coefficient (Wildman–Crippen LogP) is 1.18. The van der Waals surface area contributed by atoms with Crippen LogP contribution in [0.3, 0.4) is 0 Å². The van der Waals surface area contributed by atoms with Gasteiger partial charge in [-0.1, -0.05) is 13.8 Å². The number of hydrogen-bond acceptors (Lipinski definition) is 3. The van der Waals surface area contributed by atoms with Crippen molar-refractivity contribution in [2.45, 2.75) is 58.0 Å². The van der Waals surface area contributed by atoms with Crippen molar-refractivity contribution in [3.05, 3.63) is 0 Å². The van der Waals surface area contributed by atoms with Crippen LogP contribution in [0.25, 0.3) is 0 Å². The Kier molecular flexibility index (Phi) is 5.35. The second-order valence-corrected chi connectivity index (χ2v) is 6.04. The molecule has 0 bridgehead atoms. The lowest BCUT2D eigenvalue weighted by molar-refractivity contribution is -0.145. The maximum atomic E-state index is 11.7. The molecule has 1 saturated carbocycles. The summed E-state index contributed by atoms with van der Waals surface area (Å²) in [5.41, 5.74) is 0.279. The molecule has 0 aromatic carbocycles. The van der Waals surface area contributed by atoms with E-state index in [2.05, 4.69) is 24.5 Å². The Hall–Kier alpha value is -1.79. The molecule has 0 saturated heterocycles. The quantitative estimate of drug-likeness (QED) is 0.605. The summed E-state index contributed by atoms with van der Waals surface area (Å²) in [6.07, 6.45) is 3.04. The third-order valence-electron chi connectivity index (χ3n) is 3.66. The number of amides is 2. The molecule has 2 amide bonds. The lowest BCUT2D eigenvalue weighted by Gasteiger charge is -2.34. The van der Waals surface area contributed by atoms with E-state index >= 15 is 0 Å². The number of carboxylic acids is 2. The summed E-state index contributed by atoms with van der Waals surface area (Å²) in [6, 6.07) is -2.02. The van der Waals surface area contributed by atoms with Gasteiger partial charge in [0.25, 0.3) is 0 Å². The molecule has 1 rings (SSSR count). The van der Waals surface area contributed by atoms with Crippen molar-refractivity contribution >= 4 is 18.0 Å². The van der Waals surface area contributed by atoms with Crippen molar-refractivity contribution in [2.24, 2.45) is 5.41 Å². The second kappa shape index (κ2) is 6.58. The molecule has 20 heavy (non-hydrogen) atoms. The highest BCUT2D eigenvalue weighted by Crippen LogP contribution is 2.34. The topological polar surface area (TPSA) is 116 Å². The van der Waals surface area contributed by atoms with Crippen molar-refractivity contribution in [3.8, 4) is 0 Å². The summed E-state index contributed by atoms with van der Waals surface area (Å²) in [6.45, 7) is 4.35. The van der Waals surface area contributed by atoms with Crippen LogP contribution in [-0.2, 0) is 9.59 Å². The minimum Gasteiger partial charge on any atom is -0.481 e. The highest BCUT2D eigenvalue weighted by Gasteiger charge is 2.29. The summed E-state index contributed by atoms with van der Waals surface area (Å²) in [5, 5.41) is 22.3. The van der Waals surface area contributed by atoms with Crippen LogP contribution in [0.5, 0.6) is 0 Å². The van der Waals surface area contributed by atoms with Gasteiger partial charge in [-0.3, -0.25) is 4.79 Å². The Morgan fingerprint density at radius 1 is 1.20 bits per heavy atom. The fourth-order valence-corrected chi connectivity index (χ4v) is 2.30. The summed E-state index contributed by atoms with van der Waals surface area (Å²) >= 11 is 0. The van der Waals surface area contributed by atoms with E-state index in [9.17, 15) is 14.4 Å². The van der Waals surface area contributed by atoms with E-state index in [1.165, 1.54) is 0 Å². The molecule has 0 aromatic heterocycles. The number of aliphatic carboxylic acids is 2. The van der Waals surface area contributed by atoms with Gasteiger partial charge < -0.3 is 20.8 Å². The van der Waals surface area contributed by atoms with E-state index in [1.807, 2.05) is 0 Å². The summed E-state index contributed by atoms with van der Waals surface area (Å²) < 4.78 is 0. The smallest absolute Gasteiger partial charge is 0.326 e. The average Bonchev–Trinajstić information content (AvgIpc) is 2.30. The first-order chi connectivity index (χ1) is 9.19. The van der Waals surface area contributed by atoms with E-state index in [0.29, 0.717) is 0 Å². The molecule has 7 heteroatoms. The zero-order chi connectivity index (χ0) is 15.3. The van der Waals surface area contributed by atoms with E-state index < -0.39 is 30.4 Å². The van der Waals surface area contributed by atoms with E-state index in [0.717, 1.165) is 25.7 Å². The fourth-order valence-electron chi connectivity index (χ4n) is 2.30. The van der Waals surface area contributed by atoms with Crippen molar-refractivity contribution in [1.82, 2.24) is 10.6 Å². The molecular formula is C13H22N2O5. The number of carbonyl (C=O) groups is 3. The van der Waals surface area contributed by atoms with Crippen molar-refractivity contribution < 1.29 is 24.6 Å². The molecule has 7 nitrogen and oxygen atoms in total. The van der Waals surface area contributed by atoms with Gasteiger partial charge in [0.2, 0.25) is 0 Å². The van der Waals surface area contributed by atoms with Crippen LogP contribution in [0, 0.1) is 5.41 Å². The standard InChI is InChI=1S/C13H22N2O5/c1-13(2)5-3-8(4-6-13)14-12(20)15-9(11(18)19)7-10(16)17/h8-9H,3-7H2,1-2H3,(H,16,17)(H,18,19)(H2,14,15,20). The molecule has 0 aromatic rings. The zero-order valence-electron chi connectivity index (χ0n) is 11.8. The monoisotopic (exact) mass is 286 g/mol. The lowest BCUT2D eigenvalue weighted by atomic mass is 9.76. The Morgan fingerprint density at radius 3 is 2.20 bits per heavy atom.